The number of carbonyl (C=O) groups excluding carboxylic acids is 1. The van der Waals surface area contributed by atoms with Gasteiger partial charge in [-0.1, -0.05) is 26.7 Å². The topological polar surface area (TPSA) is 44.8 Å². The van der Waals surface area contributed by atoms with Crippen molar-refractivity contribution in [1.29, 1.82) is 0 Å². The van der Waals surface area contributed by atoms with Gasteiger partial charge in [0.1, 0.15) is 6.10 Å². The zero-order chi connectivity index (χ0) is 19.2. The van der Waals surface area contributed by atoms with Crippen molar-refractivity contribution in [1.82, 2.24) is 0 Å². The van der Waals surface area contributed by atoms with Gasteiger partial charge in [0, 0.05) is 11.8 Å². The van der Waals surface area contributed by atoms with Crippen molar-refractivity contribution >= 4 is 5.97 Å². The lowest BCUT2D eigenvalue weighted by molar-refractivity contribution is -0.257. The van der Waals surface area contributed by atoms with Gasteiger partial charge in [0.25, 0.3) is 0 Å². The molecule has 3 atom stereocenters. The van der Waals surface area contributed by atoms with Crippen LogP contribution in [0.15, 0.2) is 0 Å². The summed E-state index contributed by atoms with van der Waals surface area (Å²) in [6.45, 7) is 7.43. The summed E-state index contributed by atoms with van der Waals surface area (Å²) < 4.78 is 18.0. The number of esters is 1. The van der Waals surface area contributed by atoms with Gasteiger partial charge >= 0.3 is 5.97 Å². The van der Waals surface area contributed by atoms with E-state index in [1.54, 1.807) is 0 Å². The average Bonchev–Trinajstić information content (AvgIpc) is 2.70. The molecule has 1 aliphatic heterocycles. The van der Waals surface area contributed by atoms with Gasteiger partial charge in [-0.05, 0) is 70.6 Å². The minimum Gasteiger partial charge on any atom is -0.462 e. The number of rotatable bonds is 6. The van der Waals surface area contributed by atoms with Gasteiger partial charge in [-0.25, -0.2) is 0 Å². The smallest absolute Gasteiger partial charge is 0.309 e. The van der Waals surface area contributed by atoms with Gasteiger partial charge in [-0.2, -0.15) is 0 Å². The Morgan fingerprint density at radius 3 is 2.30 bits per heavy atom. The summed E-state index contributed by atoms with van der Waals surface area (Å²) in [5.41, 5.74) is 0. The zero-order valence-electron chi connectivity index (χ0n) is 17.7. The summed E-state index contributed by atoms with van der Waals surface area (Å²) in [5.74, 6) is 1.93. The Morgan fingerprint density at radius 1 is 1.00 bits per heavy atom. The van der Waals surface area contributed by atoms with E-state index < -0.39 is 0 Å². The van der Waals surface area contributed by atoms with Gasteiger partial charge < -0.3 is 14.2 Å². The van der Waals surface area contributed by atoms with E-state index in [4.69, 9.17) is 14.2 Å². The molecule has 0 amide bonds. The molecule has 4 nitrogen and oxygen atoms in total. The predicted octanol–water partition coefficient (Wildman–Crippen LogP) is 5.48. The molecule has 2 saturated carbocycles. The quantitative estimate of drug-likeness (QED) is 0.572. The second-order valence-corrected chi connectivity index (χ2v) is 9.19. The standard InChI is InChI=1S/C23H40O4/c1-4-6-17-7-13-21(14-8-17)27-22(24)19-9-11-20(12-10-19)23-25-15-18(5-2)16(3)26-23/h16-21,23H,4-15H2,1-3H3/t16-,17?,18?,19-,20-,21?,23-/m0/s1. The van der Waals surface area contributed by atoms with Gasteiger partial charge in [0.15, 0.2) is 6.29 Å². The molecule has 0 aromatic carbocycles. The minimum atomic E-state index is -0.0754. The van der Waals surface area contributed by atoms with E-state index in [9.17, 15) is 4.79 Å². The summed E-state index contributed by atoms with van der Waals surface area (Å²) in [6, 6.07) is 0. The third kappa shape index (κ3) is 5.69. The fourth-order valence-corrected chi connectivity index (χ4v) is 5.25. The van der Waals surface area contributed by atoms with Crippen molar-refractivity contribution in [3.05, 3.63) is 0 Å². The van der Waals surface area contributed by atoms with Crippen LogP contribution in [0.4, 0.5) is 0 Å². The number of hydrogen-bond donors (Lipinski definition) is 0. The fraction of sp³-hybridized carbons (Fsp3) is 0.957. The van der Waals surface area contributed by atoms with Crippen LogP contribution >= 0.6 is 0 Å². The number of carbonyl (C=O) groups is 1. The first-order valence-corrected chi connectivity index (χ1v) is 11.6. The Hall–Kier alpha value is -0.610. The molecule has 1 unspecified atom stereocenters. The van der Waals surface area contributed by atoms with Crippen LogP contribution in [0.2, 0.25) is 0 Å². The van der Waals surface area contributed by atoms with Crippen LogP contribution in [0.3, 0.4) is 0 Å². The Labute approximate surface area is 165 Å². The molecule has 3 rings (SSSR count). The fourth-order valence-electron chi connectivity index (χ4n) is 5.25. The summed E-state index contributed by atoms with van der Waals surface area (Å²) in [6.07, 6.45) is 12.5. The van der Waals surface area contributed by atoms with Crippen molar-refractivity contribution in [2.75, 3.05) is 6.61 Å². The first-order chi connectivity index (χ1) is 13.1. The van der Waals surface area contributed by atoms with E-state index in [1.165, 1.54) is 25.7 Å². The van der Waals surface area contributed by atoms with E-state index in [2.05, 4.69) is 20.8 Å². The first-order valence-electron chi connectivity index (χ1n) is 11.6. The molecule has 27 heavy (non-hydrogen) atoms. The molecule has 0 aromatic rings. The Morgan fingerprint density at radius 2 is 1.70 bits per heavy atom. The highest BCUT2D eigenvalue weighted by molar-refractivity contribution is 5.72. The molecule has 2 aliphatic carbocycles. The van der Waals surface area contributed by atoms with Crippen LogP contribution in [0, 0.1) is 23.7 Å². The van der Waals surface area contributed by atoms with E-state index in [0.29, 0.717) is 11.8 Å². The lowest BCUT2D eigenvalue weighted by Gasteiger charge is -2.40. The number of hydrogen-bond acceptors (Lipinski definition) is 4. The van der Waals surface area contributed by atoms with Crippen molar-refractivity contribution in [3.63, 3.8) is 0 Å². The molecule has 0 N–H and O–H groups in total. The number of ether oxygens (including phenoxy) is 3. The van der Waals surface area contributed by atoms with E-state index in [-0.39, 0.29) is 30.4 Å². The first kappa shape index (κ1) is 21.1. The Bertz CT molecular complexity index is 449. The minimum absolute atomic E-state index is 0.0530. The highest BCUT2D eigenvalue weighted by Gasteiger charge is 2.37. The maximum absolute atomic E-state index is 12.6. The average molecular weight is 381 g/mol. The Kier molecular flexibility index (Phi) is 8.01. The second kappa shape index (κ2) is 10.2. The zero-order valence-corrected chi connectivity index (χ0v) is 17.7. The van der Waals surface area contributed by atoms with Crippen LogP contribution in [-0.4, -0.2) is 31.1 Å². The van der Waals surface area contributed by atoms with Gasteiger partial charge in [-0.15, -0.1) is 0 Å². The molecule has 0 aromatic heterocycles. The van der Waals surface area contributed by atoms with E-state index >= 15 is 0 Å². The highest BCUT2D eigenvalue weighted by Crippen LogP contribution is 2.37. The van der Waals surface area contributed by atoms with Gasteiger partial charge in [0.2, 0.25) is 0 Å². The molecular formula is C23H40O4. The maximum atomic E-state index is 12.6. The van der Waals surface area contributed by atoms with Crippen LogP contribution < -0.4 is 0 Å². The van der Waals surface area contributed by atoms with Crippen LogP contribution in [0.1, 0.15) is 91.4 Å². The monoisotopic (exact) mass is 380 g/mol. The van der Waals surface area contributed by atoms with E-state index in [0.717, 1.165) is 57.5 Å². The van der Waals surface area contributed by atoms with Gasteiger partial charge in [0.05, 0.1) is 18.6 Å². The summed E-state index contributed by atoms with van der Waals surface area (Å²) in [5, 5.41) is 0. The molecule has 1 heterocycles. The van der Waals surface area contributed by atoms with Crippen molar-refractivity contribution in [2.24, 2.45) is 23.7 Å². The largest absolute Gasteiger partial charge is 0.462 e. The molecule has 1 saturated heterocycles. The van der Waals surface area contributed by atoms with Crippen molar-refractivity contribution in [3.8, 4) is 0 Å². The SMILES string of the molecule is CCCC1CCC(OC(=O)[C@H]2CC[C@H]([C@H]3OCC(CC)[C@H](C)O3)CC2)CC1. The van der Waals surface area contributed by atoms with Crippen LogP contribution in [0.25, 0.3) is 0 Å². The van der Waals surface area contributed by atoms with Gasteiger partial charge in [-0.3, -0.25) is 4.79 Å². The normalized spacial score (nSPS) is 40.5. The molecule has 0 radical (unpaired) electrons. The molecule has 3 aliphatic rings. The van der Waals surface area contributed by atoms with Crippen molar-refractivity contribution < 1.29 is 19.0 Å². The summed E-state index contributed by atoms with van der Waals surface area (Å²) in [4.78, 5) is 12.6. The Balaban J connectivity index is 1.37. The molecule has 3 fully saturated rings. The van der Waals surface area contributed by atoms with Crippen LogP contribution in [-0.2, 0) is 19.0 Å². The molecular weight excluding hydrogens is 340 g/mol. The second-order valence-electron chi connectivity index (χ2n) is 9.19. The third-order valence-corrected chi connectivity index (χ3v) is 7.28. The molecule has 0 spiro atoms. The maximum Gasteiger partial charge on any atom is 0.309 e. The lowest BCUT2D eigenvalue weighted by atomic mass is 9.81. The molecule has 0 bridgehead atoms. The molecule has 4 heteroatoms. The predicted molar refractivity (Wildman–Crippen MR) is 106 cm³/mol. The summed E-state index contributed by atoms with van der Waals surface area (Å²) in [7, 11) is 0. The van der Waals surface area contributed by atoms with Crippen LogP contribution in [0.5, 0.6) is 0 Å². The lowest BCUT2D eigenvalue weighted by Crippen LogP contribution is -2.43. The van der Waals surface area contributed by atoms with Crippen molar-refractivity contribution in [2.45, 2.75) is 110 Å². The summed E-state index contributed by atoms with van der Waals surface area (Å²) >= 11 is 0. The molecule has 156 valence electrons. The third-order valence-electron chi connectivity index (χ3n) is 7.28. The van der Waals surface area contributed by atoms with E-state index in [1.807, 2.05) is 0 Å². The highest BCUT2D eigenvalue weighted by atomic mass is 16.7.